The van der Waals surface area contributed by atoms with Crippen molar-refractivity contribution in [3.63, 3.8) is 0 Å². The molecule has 0 aliphatic heterocycles. The van der Waals surface area contributed by atoms with Crippen molar-refractivity contribution in [1.29, 1.82) is 0 Å². The highest BCUT2D eigenvalue weighted by Gasteiger charge is 2.23. The Morgan fingerprint density at radius 3 is 2.41 bits per heavy atom. The Balaban J connectivity index is 0.00000364. The van der Waals surface area contributed by atoms with E-state index < -0.39 is 15.6 Å². The minimum Gasteiger partial charge on any atom is -0.350 e. The number of sulfonamides is 1. The van der Waals surface area contributed by atoms with Crippen LogP contribution >= 0.6 is 24.0 Å². The Kier molecular flexibility index (Phi) is 7.68. The highest BCUT2D eigenvalue weighted by atomic mass is 35.5. The van der Waals surface area contributed by atoms with Crippen molar-refractivity contribution in [1.82, 2.24) is 5.32 Å². The average molecular weight is 432 g/mol. The lowest BCUT2D eigenvalue weighted by atomic mass is 10.1. The van der Waals surface area contributed by atoms with E-state index in [1.807, 2.05) is 0 Å². The lowest BCUT2D eigenvalue weighted by Crippen LogP contribution is -2.45. The van der Waals surface area contributed by atoms with E-state index in [4.69, 9.17) is 17.3 Å². The number of amides is 1. The zero-order valence-electron chi connectivity index (χ0n) is 15.3. The molecule has 1 amide bonds. The number of halogens is 2. The first-order chi connectivity index (χ1) is 12.0. The molecule has 148 valence electrons. The van der Waals surface area contributed by atoms with Crippen LogP contribution in [0.3, 0.4) is 0 Å². The summed E-state index contributed by atoms with van der Waals surface area (Å²) in [6, 6.07) is 12.4. The maximum atomic E-state index is 12.9. The molecule has 0 radical (unpaired) electrons. The van der Waals surface area contributed by atoms with Crippen molar-refractivity contribution in [2.45, 2.75) is 24.3 Å². The number of hydrogen-bond donors (Lipinski definition) is 2. The summed E-state index contributed by atoms with van der Waals surface area (Å²) in [5, 5.41) is 3.13. The second kappa shape index (κ2) is 8.93. The largest absolute Gasteiger partial charge is 0.350 e. The van der Waals surface area contributed by atoms with Gasteiger partial charge in [-0.05, 0) is 50.2 Å². The topological polar surface area (TPSA) is 92.5 Å². The van der Waals surface area contributed by atoms with E-state index in [1.165, 1.54) is 25.2 Å². The average Bonchev–Trinajstić information content (AvgIpc) is 2.58. The van der Waals surface area contributed by atoms with Crippen LogP contribution in [0.25, 0.3) is 0 Å². The van der Waals surface area contributed by atoms with Crippen molar-refractivity contribution in [3.05, 3.63) is 59.1 Å². The molecule has 2 rings (SSSR count). The van der Waals surface area contributed by atoms with E-state index in [9.17, 15) is 13.2 Å². The Hall–Kier alpha value is -1.80. The second-order valence-electron chi connectivity index (χ2n) is 6.65. The van der Waals surface area contributed by atoms with Crippen LogP contribution in [0.5, 0.6) is 0 Å². The summed E-state index contributed by atoms with van der Waals surface area (Å²) < 4.78 is 26.9. The molecule has 2 aromatic rings. The molecule has 0 aliphatic carbocycles. The van der Waals surface area contributed by atoms with E-state index in [-0.39, 0.29) is 35.3 Å². The molecule has 0 saturated carbocycles. The first kappa shape index (κ1) is 23.2. The Labute approximate surface area is 171 Å². The van der Waals surface area contributed by atoms with Gasteiger partial charge < -0.3 is 11.1 Å². The summed E-state index contributed by atoms with van der Waals surface area (Å²) in [6.45, 7) is 3.84. The van der Waals surface area contributed by atoms with Crippen molar-refractivity contribution >= 4 is 45.6 Å². The molecule has 9 heteroatoms. The highest BCUT2D eigenvalue weighted by Crippen LogP contribution is 2.25. The number of benzene rings is 2. The van der Waals surface area contributed by atoms with Crippen LogP contribution in [0, 0.1) is 0 Å². The molecule has 0 unspecified atom stereocenters. The molecule has 6 nitrogen and oxygen atoms in total. The molecular formula is C18H23Cl2N3O3S. The van der Waals surface area contributed by atoms with E-state index in [2.05, 4.69) is 5.32 Å². The summed E-state index contributed by atoms with van der Waals surface area (Å²) in [5.41, 5.74) is 5.96. The monoisotopic (exact) mass is 431 g/mol. The minimum absolute atomic E-state index is 0. The van der Waals surface area contributed by atoms with Gasteiger partial charge in [-0.3, -0.25) is 9.10 Å². The summed E-state index contributed by atoms with van der Waals surface area (Å²) in [4.78, 5) is 12.3. The van der Waals surface area contributed by atoms with Gasteiger partial charge in [0, 0.05) is 29.7 Å². The fraction of sp³-hybridized carbons (Fsp3) is 0.278. The number of carbonyl (C=O) groups is 1. The predicted molar refractivity (Wildman–Crippen MR) is 111 cm³/mol. The SMILES string of the molecule is CN(c1cccc(Cl)c1)S(=O)(=O)c1cccc(C(=O)NCC(C)(C)N)c1.Cl. The normalized spacial score (nSPS) is 11.4. The number of nitrogens with two attached hydrogens (primary N) is 1. The zero-order chi connectivity index (χ0) is 19.5. The van der Waals surface area contributed by atoms with Gasteiger partial charge in [0.1, 0.15) is 0 Å². The summed E-state index contributed by atoms with van der Waals surface area (Å²) in [6.07, 6.45) is 0. The van der Waals surface area contributed by atoms with E-state index in [0.29, 0.717) is 10.7 Å². The third-order valence-corrected chi connectivity index (χ3v) is 5.65. The quantitative estimate of drug-likeness (QED) is 0.734. The number of nitrogens with zero attached hydrogens (tertiary/aromatic N) is 1. The van der Waals surface area contributed by atoms with Gasteiger partial charge in [0.05, 0.1) is 10.6 Å². The van der Waals surface area contributed by atoms with Gasteiger partial charge in [-0.25, -0.2) is 8.42 Å². The lowest BCUT2D eigenvalue weighted by molar-refractivity contribution is 0.0946. The standard InChI is InChI=1S/C18H22ClN3O3S.ClH/c1-18(2,20)12-21-17(23)13-6-4-9-16(10-13)26(24,25)22(3)15-8-5-7-14(19)11-15;/h4-11H,12,20H2,1-3H3,(H,21,23);1H. The number of anilines is 1. The van der Waals surface area contributed by atoms with Gasteiger partial charge >= 0.3 is 0 Å². The fourth-order valence-electron chi connectivity index (χ4n) is 2.18. The molecule has 0 spiro atoms. The molecule has 27 heavy (non-hydrogen) atoms. The third-order valence-electron chi connectivity index (χ3n) is 3.63. The fourth-order valence-corrected chi connectivity index (χ4v) is 3.60. The van der Waals surface area contributed by atoms with Crippen LogP contribution in [0.2, 0.25) is 5.02 Å². The van der Waals surface area contributed by atoms with Crippen LogP contribution in [0.15, 0.2) is 53.4 Å². The maximum absolute atomic E-state index is 12.9. The molecule has 0 aliphatic rings. The third kappa shape index (κ3) is 6.10. The minimum atomic E-state index is -3.84. The number of nitrogens with one attached hydrogen (secondary N) is 1. The molecule has 2 aromatic carbocycles. The van der Waals surface area contributed by atoms with Crippen molar-refractivity contribution in [3.8, 4) is 0 Å². The molecule has 0 saturated heterocycles. The Morgan fingerprint density at radius 2 is 1.81 bits per heavy atom. The van der Waals surface area contributed by atoms with Crippen LogP contribution in [-0.2, 0) is 10.0 Å². The van der Waals surface area contributed by atoms with Gasteiger partial charge in [0.15, 0.2) is 0 Å². The molecule has 0 bridgehead atoms. The zero-order valence-corrected chi connectivity index (χ0v) is 17.7. The van der Waals surface area contributed by atoms with Crippen molar-refractivity contribution in [2.24, 2.45) is 5.73 Å². The summed E-state index contributed by atoms with van der Waals surface area (Å²) in [7, 11) is -2.40. The number of hydrogen-bond acceptors (Lipinski definition) is 4. The highest BCUT2D eigenvalue weighted by molar-refractivity contribution is 7.92. The Bertz CT molecular complexity index is 912. The number of rotatable bonds is 6. The molecule has 0 atom stereocenters. The summed E-state index contributed by atoms with van der Waals surface area (Å²) >= 11 is 5.94. The van der Waals surface area contributed by atoms with E-state index >= 15 is 0 Å². The molecule has 3 N–H and O–H groups in total. The first-order valence-electron chi connectivity index (χ1n) is 7.92. The van der Waals surface area contributed by atoms with E-state index in [1.54, 1.807) is 44.2 Å². The second-order valence-corrected chi connectivity index (χ2v) is 9.06. The van der Waals surface area contributed by atoms with Gasteiger partial charge in [-0.1, -0.05) is 23.7 Å². The lowest BCUT2D eigenvalue weighted by Gasteiger charge is -2.21. The van der Waals surface area contributed by atoms with Gasteiger partial charge in [0.25, 0.3) is 15.9 Å². The smallest absolute Gasteiger partial charge is 0.264 e. The molecule has 0 heterocycles. The predicted octanol–water partition coefficient (Wildman–Crippen LogP) is 3.05. The molecule has 0 aromatic heterocycles. The Morgan fingerprint density at radius 1 is 1.19 bits per heavy atom. The maximum Gasteiger partial charge on any atom is 0.264 e. The van der Waals surface area contributed by atoms with Crippen LogP contribution in [0.1, 0.15) is 24.2 Å². The summed E-state index contributed by atoms with van der Waals surface area (Å²) in [5.74, 6) is -0.383. The molecule has 0 fully saturated rings. The van der Waals surface area contributed by atoms with Gasteiger partial charge in [-0.2, -0.15) is 0 Å². The van der Waals surface area contributed by atoms with Crippen LogP contribution in [0.4, 0.5) is 5.69 Å². The van der Waals surface area contributed by atoms with Gasteiger partial charge in [-0.15, -0.1) is 12.4 Å². The van der Waals surface area contributed by atoms with Gasteiger partial charge in [0.2, 0.25) is 0 Å². The number of carbonyl (C=O) groups excluding carboxylic acids is 1. The molecular weight excluding hydrogens is 409 g/mol. The van der Waals surface area contributed by atoms with Crippen molar-refractivity contribution in [2.75, 3.05) is 17.9 Å². The van der Waals surface area contributed by atoms with E-state index in [0.717, 1.165) is 4.31 Å². The first-order valence-corrected chi connectivity index (χ1v) is 9.74. The van der Waals surface area contributed by atoms with Crippen LogP contribution in [-0.4, -0.2) is 33.5 Å². The van der Waals surface area contributed by atoms with Crippen LogP contribution < -0.4 is 15.4 Å². The van der Waals surface area contributed by atoms with Crippen molar-refractivity contribution < 1.29 is 13.2 Å².